The van der Waals surface area contributed by atoms with Gasteiger partial charge in [-0.05, 0) is 57.1 Å². The predicted molar refractivity (Wildman–Crippen MR) is 157 cm³/mol. The van der Waals surface area contributed by atoms with Crippen LogP contribution >= 0.6 is 0 Å². The third-order valence-electron chi connectivity index (χ3n) is 7.07. The van der Waals surface area contributed by atoms with Gasteiger partial charge in [-0.3, -0.25) is 0 Å². The summed E-state index contributed by atoms with van der Waals surface area (Å²) >= 11 is 0. The summed E-state index contributed by atoms with van der Waals surface area (Å²) in [5, 5.41) is 0.885. The maximum Gasteiger partial charge on any atom is 0.394 e. The van der Waals surface area contributed by atoms with Crippen LogP contribution in [0.4, 0.5) is 0 Å². The number of hydrogen-bond acceptors (Lipinski definition) is 3. The third-order valence-corrected chi connectivity index (χ3v) is 18.3. The highest BCUT2D eigenvalue weighted by molar-refractivity contribution is 6.89. The Bertz CT molecular complexity index is 658. The SMILES string of the molecule is CCCCC(CC)(O[Si](O[SiH](C)C)(c1ccccc1)C(CC)(CCCC)O[SiH](C)C)[SiH](C)C. The predicted octanol–water partition coefficient (Wildman–Crippen LogP) is 6.60. The molecule has 1 aromatic carbocycles. The van der Waals surface area contributed by atoms with Crippen LogP contribution in [0.3, 0.4) is 0 Å². The fraction of sp³-hybridized carbons (Fsp3) is 0.769. The van der Waals surface area contributed by atoms with E-state index in [-0.39, 0.29) is 10.4 Å². The standard InChI is InChI=1S/C26H54O3Si4/c1-11-15-22-25(13-3,30(5)6)28-33(29-32(9)10,24-20-18-17-19-21-24)26(14-4,23-16-12-2)27-31(7)8/h17-21,30-32H,11-16,22-23H2,1-10H3. The van der Waals surface area contributed by atoms with Gasteiger partial charge in [0.05, 0.1) is 8.80 Å². The second kappa shape index (κ2) is 14.5. The Labute approximate surface area is 212 Å². The highest BCUT2D eigenvalue weighted by Gasteiger charge is 2.62. The second-order valence-electron chi connectivity index (χ2n) is 10.5. The van der Waals surface area contributed by atoms with Crippen LogP contribution in [0.1, 0.15) is 79.1 Å². The summed E-state index contributed by atoms with van der Waals surface area (Å²) < 4.78 is 22.3. The van der Waals surface area contributed by atoms with Crippen LogP contribution in [-0.4, -0.2) is 45.9 Å². The lowest BCUT2D eigenvalue weighted by atomic mass is 10.1. The van der Waals surface area contributed by atoms with Gasteiger partial charge in [-0.1, -0.05) is 96.8 Å². The van der Waals surface area contributed by atoms with E-state index in [9.17, 15) is 0 Å². The Balaban J connectivity index is 3.96. The number of hydrogen-bond donors (Lipinski definition) is 0. The van der Waals surface area contributed by atoms with Gasteiger partial charge in [-0.2, -0.15) is 0 Å². The van der Waals surface area contributed by atoms with Crippen molar-refractivity contribution in [3.05, 3.63) is 30.3 Å². The van der Waals surface area contributed by atoms with E-state index in [2.05, 4.69) is 97.3 Å². The second-order valence-corrected chi connectivity index (χ2v) is 22.2. The van der Waals surface area contributed by atoms with E-state index in [1.165, 1.54) is 18.0 Å². The number of benzene rings is 1. The van der Waals surface area contributed by atoms with Crippen molar-refractivity contribution in [3.8, 4) is 0 Å². The molecule has 0 saturated heterocycles. The molecule has 3 unspecified atom stereocenters. The minimum atomic E-state index is -2.97. The summed E-state index contributed by atoms with van der Waals surface area (Å²) in [5.74, 6) is 0. The van der Waals surface area contributed by atoms with Gasteiger partial charge < -0.3 is 13.0 Å². The maximum atomic E-state index is 7.80. The van der Waals surface area contributed by atoms with Crippen molar-refractivity contribution in [2.75, 3.05) is 0 Å². The Morgan fingerprint density at radius 3 is 1.76 bits per heavy atom. The molecule has 0 spiro atoms. The van der Waals surface area contributed by atoms with Crippen LogP contribution in [0.2, 0.25) is 39.3 Å². The van der Waals surface area contributed by atoms with E-state index < -0.39 is 35.4 Å². The molecular weight excluding hydrogens is 473 g/mol. The van der Waals surface area contributed by atoms with Gasteiger partial charge in [0.2, 0.25) is 0 Å². The van der Waals surface area contributed by atoms with Crippen molar-refractivity contribution >= 4 is 40.6 Å². The summed E-state index contributed by atoms with van der Waals surface area (Å²) in [4.78, 5) is 0. The summed E-state index contributed by atoms with van der Waals surface area (Å²) in [5.41, 5.74) is 0. The molecule has 0 bridgehead atoms. The smallest absolute Gasteiger partial charge is 0.394 e. The average molecular weight is 527 g/mol. The van der Waals surface area contributed by atoms with E-state index in [4.69, 9.17) is 13.0 Å². The third kappa shape index (κ3) is 7.72. The lowest BCUT2D eigenvalue weighted by Crippen LogP contribution is -2.76. The fourth-order valence-electron chi connectivity index (χ4n) is 5.19. The Morgan fingerprint density at radius 2 is 1.33 bits per heavy atom. The van der Waals surface area contributed by atoms with Crippen molar-refractivity contribution < 1.29 is 13.0 Å². The van der Waals surface area contributed by atoms with Crippen LogP contribution in [0.25, 0.3) is 0 Å². The van der Waals surface area contributed by atoms with Gasteiger partial charge in [0.15, 0.2) is 18.1 Å². The first-order valence-electron chi connectivity index (χ1n) is 13.7. The Kier molecular flexibility index (Phi) is 13.6. The molecule has 0 radical (unpaired) electrons. The Morgan fingerprint density at radius 1 is 0.758 bits per heavy atom. The molecule has 0 fully saturated rings. The normalized spacial score (nSPS) is 17.8. The van der Waals surface area contributed by atoms with Crippen molar-refractivity contribution in [2.45, 2.75) is 129 Å². The van der Waals surface area contributed by atoms with E-state index in [0.29, 0.717) is 0 Å². The molecular formula is C26H54O3Si4. The van der Waals surface area contributed by atoms with Crippen LogP contribution in [0.5, 0.6) is 0 Å². The topological polar surface area (TPSA) is 27.7 Å². The van der Waals surface area contributed by atoms with Crippen molar-refractivity contribution in [1.29, 1.82) is 0 Å². The maximum absolute atomic E-state index is 7.80. The van der Waals surface area contributed by atoms with E-state index >= 15 is 0 Å². The Hall–Kier alpha value is -0.0325. The number of rotatable bonds is 17. The molecule has 0 heterocycles. The van der Waals surface area contributed by atoms with Crippen LogP contribution in [-0.2, 0) is 13.0 Å². The van der Waals surface area contributed by atoms with Gasteiger partial charge in [-0.25, -0.2) is 0 Å². The summed E-state index contributed by atoms with van der Waals surface area (Å²) in [6.45, 7) is 23.5. The molecule has 0 aliphatic carbocycles. The molecule has 33 heavy (non-hydrogen) atoms. The zero-order valence-electron chi connectivity index (χ0n) is 23.5. The molecule has 0 saturated carbocycles. The first-order chi connectivity index (χ1) is 15.6. The van der Waals surface area contributed by atoms with Gasteiger partial charge in [0.1, 0.15) is 5.22 Å². The van der Waals surface area contributed by atoms with Crippen LogP contribution in [0.15, 0.2) is 30.3 Å². The van der Waals surface area contributed by atoms with Gasteiger partial charge in [0.25, 0.3) is 0 Å². The van der Waals surface area contributed by atoms with E-state index in [1.807, 2.05) is 0 Å². The lowest BCUT2D eigenvalue weighted by molar-refractivity contribution is 0.0255. The number of unbranched alkanes of at least 4 members (excludes halogenated alkanes) is 2. The van der Waals surface area contributed by atoms with Crippen molar-refractivity contribution in [3.63, 3.8) is 0 Å². The molecule has 0 aromatic heterocycles. The minimum Gasteiger partial charge on any atom is -0.434 e. The van der Waals surface area contributed by atoms with Gasteiger partial charge >= 0.3 is 8.56 Å². The molecule has 1 aromatic rings. The molecule has 7 heteroatoms. The van der Waals surface area contributed by atoms with Crippen LogP contribution in [0, 0.1) is 0 Å². The summed E-state index contributed by atoms with van der Waals surface area (Å²) in [7, 11) is -6.91. The van der Waals surface area contributed by atoms with Gasteiger partial charge in [0, 0.05) is 5.22 Å². The zero-order chi connectivity index (χ0) is 25.1. The molecule has 1 rings (SSSR count). The monoisotopic (exact) mass is 526 g/mol. The molecule has 3 atom stereocenters. The first-order valence-corrected chi connectivity index (χ1v) is 24.0. The van der Waals surface area contributed by atoms with Gasteiger partial charge in [-0.15, -0.1) is 0 Å². The highest BCUT2D eigenvalue weighted by Crippen LogP contribution is 2.41. The largest absolute Gasteiger partial charge is 0.434 e. The van der Waals surface area contributed by atoms with Crippen molar-refractivity contribution in [1.82, 2.24) is 0 Å². The molecule has 192 valence electrons. The first kappa shape index (κ1) is 31.0. The molecule has 0 aliphatic rings. The fourth-order valence-corrected chi connectivity index (χ4v) is 18.2. The quantitative estimate of drug-likeness (QED) is 0.214. The van der Waals surface area contributed by atoms with Crippen LogP contribution < -0.4 is 5.19 Å². The molecule has 0 aliphatic heterocycles. The molecule has 0 amide bonds. The summed E-state index contributed by atoms with van der Waals surface area (Å²) in [6, 6.07) is 11.0. The van der Waals surface area contributed by atoms with E-state index in [1.54, 1.807) is 0 Å². The van der Waals surface area contributed by atoms with E-state index in [0.717, 1.165) is 38.5 Å². The summed E-state index contributed by atoms with van der Waals surface area (Å²) in [6.07, 6.45) is 8.91. The van der Waals surface area contributed by atoms with Crippen molar-refractivity contribution in [2.24, 2.45) is 0 Å². The highest BCUT2D eigenvalue weighted by atomic mass is 28.4. The average Bonchev–Trinajstić information content (AvgIpc) is 2.78. The molecule has 0 N–H and O–H groups in total. The lowest BCUT2D eigenvalue weighted by Gasteiger charge is -2.54. The minimum absolute atomic E-state index is 0.0596. The zero-order valence-corrected chi connectivity index (χ0v) is 28.0. The molecule has 3 nitrogen and oxygen atoms in total.